The summed E-state index contributed by atoms with van der Waals surface area (Å²) in [6.45, 7) is 10.7. The maximum atomic E-state index is 11.1. The largest absolute Gasteiger partial charge is 0.480 e. The van der Waals surface area contributed by atoms with Gasteiger partial charge in [-0.1, -0.05) is 34.6 Å². The summed E-state index contributed by atoms with van der Waals surface area (Å²) >= 11 is 1.64. The van der Waals surface area contributed by atoms with E-state index in [4.69, 9.17) is 5.11 Å². The number of carboxylic acids is 1. The Morgan fingerprint density at radius 3 is 2.50 bits per heavy atom. The maximum Gasteiger partial charge on any atom is 0.320 e. The van der Waals surface area contributed by atoms with Crippen LogP contribution >= 0.6 is 11.3 Å². The number of hydrogen-bond donors (Lipinski definition) is 2. The molecule has 0 fully saturated rings. The van der Waals surface area contributed by atoms with Crippen LogP contribution in [-0.4, -0.2) is 22.1 Å². The van der Waals surface area contributed by atoms with Crippen LogP contribution in [0.25, 0.3) is 0 Å². The second-order valence-electron chi connectivity index (χ2n) is 5.82. The summed E-state index contributed by atoms with van der Waals surface area (Å²) in [6.07, 6.45) is 1.83. The average molecular weight is 270 g/mol. The van der Waals surface area contributed by atoms with Gasteiger partial charge in [-0.25, -0.2) is 4.98 Å². The molecular formula is C13H22N2O2S. The average Bonchev–Trinajstić information content (AvgIpc) is 2.64. The lowest BCUT2D eigenvalue weighted by Gasteiger charge is -2.17. The van der Waals surface area contributed by atoms with Crippen molar-refractivity contribution in [3.63, 3.8) is 0 Å². The molecule has 0 aliphatic heterocycles. The third-order valence-electron chi connectivity index (χ3n) is 2.62. The van der Waals surface area contributed by atoms with Gasteiger partial charge in [-0.05, 0) is 5.92 Å². The van der Waals surface area contributed by atoms with Gasteiger partial charge in [0, 0.05) is 23.0 Å². The number of hydrogen-bond acceptors (Lipinski definition) is 4. The number of nitrogens with one attached hydrogen (secondary N) is 1. The highest BCUT2D eigenvalue weighted by Gasteiger charge is 2.22. The van der Waals surface area contributed by atoms with Crippen molar-refractivity contribution in [2.75, 3.05) is 0 Å². The van der Waals surface area contributed by atoms with Crippen molar-refractivity contribution >= 4 is 17.3 Å². The molecule has 0 spiro atoms. The van der Waals surface area contributed by atoms with Gasteiger partial charge in [0.25, 0.3) is 0 Å². The molecule has 4 nitrogen and oxygen atoms in total. The summed E-state index contributed by atoms with van der Waals surface area (Å²) in [7, 11) is 0. The second kappa shape index (κ2) is 5.80. The van der Waals surface area contributed by atoms with Gasteiger partial charge in [-0.3, -0.25) is 10.1 Å². The molecule has 0 saturated heterocycles. The maximum absolute atomic E-state index is 11.1. The van der Waals surface area contributed by atoms with Crippen LogP contribution in [-0.2, 0) is 16.8 Å². The van der Waals surface area contributed by atoms with E-state index in [0.717, 1.165) is 9.88 Å². The lowest BCUT2D eigenvalue weighted by atomic mass is 9.98. The summed E-state index contributed by atoms with van der Waals surface area (Å²) in [4.78, 5) is 16.5. The Bertz CT molecular complexity index is 407. The first-order chi connectivity index (χ1) is 8.21. The minimum Gasteiger partial charge on any atom is -0.480 e. The molecule has 0 radical (unpaired) electrons. The van der Waals surface area contributed by atoms with Gasteiger partial charge in [0.15, 0.2) is 0 Å². The zero-order valence-corrected chi connectivity index (χ0v) is 12.5. The van der Waals surface area contributed by atoms with Crippen LogP contribution < -0.4 is 5.32 Å². The van der Waals surface area contributed by atoms with Crippen LogP contribution in [0.15, 0.2) is 6.20 Å². The van der Waals surface area contributed by atoms with Crippen LogP contribution in [0.4, 0.5) is 0 Å². The van der Waals surface area contributed by atoms with E-state index in [-0.39, 0.29) is 11.3 Å². The Balaban J connectivity index is 2.63. The molecule has 1 aromatic rings. The predicted octanol–water partition coefficient (Wildman–Crippen LogP) is 2.64. The fraction of sp³-hybridized carbons (Fsp3) is 0.692. The summed E-state index contributed by atoms with van der Waals surface area (Å²) < 4.78 is 0. The predicted molar refractivity (Wildman–Crippen MR) is 73.9 cm³/mol. The minimum atomic E-state index is -0.800. The molecule has 1 heterocycles. The van der Waals surface area contributed by atoms with Crippen molar-refractivity contribution in [1.29, 1.82) is 0 Å². The van der Waals surface area contributed by atoms with Crippen molar-refractivity contribution in [1.82, 2.24) is 10.3 Å². The van der Waals surface area contributed by atoms with E-state index < -0.39 is 12.0 Å². The Hall–Kier alpha value is -0.940. The van der Waals surface area contributed by atoms with Gasteiger partial charge in [0.05, 0.1) is 5.01 Å². The number of carboxylic acid groups (broad SMARTS) is 1. The fourth-order valence-electron chi connectivity index (χ4n) is 1.55. The Morgan fingerprint density at radius 1 is 1.50 bits per heavy atom. The van der Waals surface area contributed by atoms with Crippen LogP contribution in [0, 0.1) is 5.92 Å². The Labute approximate surface area is 112 Å². The van der Waals surface area contributed by atoms with Crippen LogP contribution in [0.1, 0.15) is 44.5 Å². The highest BCUT2D eigenvalue weighted by Crippen LogP contribution is 2.26. The minimum absolute atomic E-state index is 0.0488. The molecule has 5 heteroatoms. The highest BCUT2D eigenvalue weighted by molar-refractivity contribution is 7.11. The molecule has 2 N–H and O–H groups in total. The number of nitrogens with zero attached hydrogens (tertiary/aromatic N) is 1. The summed E-state index contributed by atoms with van der Waals surface area (Å²) in [5.41, 5.74) is 0.0488. The van der Waals surface area contributed by atoms with E-state index in [9.17, 15) is 4.79 Å². The first kappa shape index (κ1) is 15.1. The molecule has 0 aliphatic rings. The zero-order chi connectivity index (χ0) is 13.9. The normalized spacial score (nSPS) is 13.9. The van der Waals surface area contributed by atoms with Crippen LogP contribution in [0.5, 0.6) is 0 Å². The van der Waals surface area contributed by atoms with E-state index >= 15 is 0 Å². The van der Waals surface area contributed by atoms with Crippen molar-refractivity contribution in [2.24, 2.45) is 5.92 Å². The number of aliphatic carboxylic acids is 1. The molecule has 1 aromatic heterocycles. The SMILES string of the molecule is CC(C)[C@H](NCc1cnc(C(C)(C)C)s1)C(=O)O. The lowest BCUT2D eigenvalue weighted by molar-refractivity contribution is -0.140. The third kappa shape index (κ3) is 4.07. The molecule has 0 aliphatic carbocycles. The third-order valence-corrected chi connectivity index (χ3v) is 4.05. The van der Waals surface area contributed by atoms with E-state index in [1.165, 1.54) is 0 Å². The summed E-state index contributed by atoms with van der Waals surface area (Å²) in [5.74, 6) is -0.733. The van der Waals surface area contributed by atoms with Gasteiger partial charge in [0.1, 0.15) is 6.04 Å². The molecule has 1 rings (SSSR count). The van der Waals surface area contributed by atoms with E-state index in [2.05, 4.69) is 31.1 Å². The number of aromatic nitrogens is 1. The van der Waals surface area contributed by atoms with E-state index in [0.29, 0.717) is 6.54 Å². The summed E-state index contributed by atoms with van der Waals surface area (Å²) in [5, 5.41) is 13.2. The monoisotopic (exact) mass is 270 g/mol. The lowest BCUT2D eigenvalue weighted by Crippen LogP contribution is -2.40. The Kier molecular flexibility index (Phi) is 4.87. The number of rotatable bonds is 5. The second-order valence-corrected chi connectivity index (χ2v) is 6.94. The zero-order valence-electron chi connectivity index (χ0n) is 11.7. The highest BCUT2D eigenvalue weighted by atomic mass is 32.1. The van der Waals surface area contributed by atoms with Crippen LogP contribution in [0.3, 0.4) is 0 Å². The Morgan fingerprint density at radius 2 is 2.11 bits per heavy atom. The van der Waals surface area contributed by atoms with E-state index in [1.54, 1.807) is 11.3 Å². The van der Waals surface area contributed by atoms with Crippen molar-refractivity contribution in [3.05, 3.63) is 16.1 Å². The first-order valence-corrected chi connectivity index (χ1v) is 6.95. The molecule has 0 saturated carbocycles. The molecule has 0 amide bonds. The number of carbonyl (C=O) groups is 1. The standard InChI is InChI=1S/C13H22N2O2S/c1-8(2)10(11(16)17)14-6-9-7-15-12(18-9)13(3,4)5/h7-8,10,14H,6H2,1-5H3,(H,16,17)/t10-/m0/s1. The van der Waals surface area contributed by atoms with Gasteiger partial charge in [-0.15, -0.1) is 11.3 Å². The van der Waals surface area contributed by atoms with Crippen molar-refractivity contribution in [3.8, 4) is 0 Å². The number of thiazole rings is 1. The van der Waals surface area contributed by atoms with Gasteiger partial charge >= 0.3 is 5.97 Å². The van der Waals surface area contributed by atoms with Gasteiger partial charge in [0.2, 0.25) is 0 Å². The van der Waals surface area contributed by atoms with Gasteiger partial charge < -0.3 is 5.11 Å². The molecule has 0 bridgehead atoms. The fourth-order valence-corrected chi connectivity index (χ4v) is 2.48. The molecule has 0 unspecified atom stereocenters. The molecule has 18 heavy (non-hydrogen) atoms. The quantitative estimate of drug-likeness (QED) is 0.863. The molecule has 0 aromatic carbocycles. The van der Waals surface area contributed by atoms with Crippen molar-refractivity contribution < 1.29 is 9.90 Å². The summed E-state index contributed by atoms with van der Waals surface area (Å²) in [6, 6.07) is -0.509. The van der Waals surface area contributed by atoms with Gasteiger partial charge in [-0.2, -0.15) is 0 Å². The first-order valence-electron chi connectivity index (χ1n) is 6.13. The van der Waals surface area contributed by atoms with Crippen LogP contribution in [0.2, 0.25) is 0 Å². The molecule has 102 valence electrons. The molecular weight excluding hydrogens is 248 g/mol. The smallest absolute Gasteiger partial charge is 0.320 e. The van der Waals surface area contributed by atoms with Crippen molar-refractivity contribution in [2.45, 2.75) is 52.6 Å². The van der Waals surface area contributed by atoms with E-state index in [1.807, 2.05) is 20.0 Å². The topological polar surface area (TPSA) is 62.2 Å². The molecule has 1 atom stereocenters.